The lowest BCUT2D eigenvalue weighted by molar-refractivity contribution is -0.121. The van der Waals surface area contributed by atoms with Crippen LogP contribution in [0.2, 0.25) is 0 Å². The molecule has 0 spiro atoms. The Morgan fingerprint density at radius 1 is 1.16 bits per heavy atom. The number of guanidine groups is 1. The van der Waals surface area contributed by atoms with Crippen LogP contribution in [0.15, 0.2) is 23.2 Å². The molecule has 0 radical (unpaired) electrons. The Bertz CT molecular complexity index is 571. The molecule has 0 unspecified atom stereocenters. The topological polar surface area (TPSA) is 74.8 Å². The van der Waals surface area contributed by atoms with Crippen LogP contribution in [0, 0.1) is 13.8 Å². The second-order valence-corrected chi connectivity index (χ2v) is 7.07. The molecule has 140 valence electrons. The van der Waals surface area contributed by atoms with Crippen molar-refractivity contribution >= 4 is 11.9 Å². The summed E-state index contributed by atoms with van der Waals surface area (Å²) < 4.78 is 5.87. The Kier molecular flexibility index (Phi) is 8.25. The van der Waals surface area contributed by atoms with E-state index in [-0.39, 0.29) is 18.0 Å². The molecule has 3 N–H and O–H groups in total. The summed E-state index contributed by atoms with van der Waals surface area (Å²) in [5, 5.41) is 9.09. The van der Waals surface area contributed by atoms with Gasteiger partial charge in [-0.2, -0.15) is 0 Å². The van der Waals surface area contributed by atoms with Crippen LogP contribution in [0.4, 0.5) is 0 Å². The molecule has 0 aliphatic carbocycles. The van der Waals surface area contributed by atoms with Crippen LogP contribution in [-0.4, -0.2) is 44.1 Å². The van der Waals surface area contributed by atoms with E-state index in [1.54, 1.807) is 7.05 Å². The number of amides is 1. The molecular weight excluding hydrogens is 316 g/mol. The predicted octanol–water partition coefficient (Wildman–Crippen LogP) is 2.15. The van der Waals surface area contributed by atoms with Gasteiger partial charge in [-0.15, -0.1) is 0 Å². The number of aliphatic imine (C=N–C) groups is 1. The van der Waals surface area contributed by atoms with E-state index in [1.165, 1.54) is 0 Å². The van der Waals surface area contributed by atoms with Crippen molar-refractivity contribution in [2.24, 2.45) is 4.99 Å². The van der Waals surface area contributed by atoms with Gasteiger partial charge in [0.2, 0.25) is 5.91 Å². The third kappa shape index (κ3) is 8.42. The van der Waals surface area contributed by atoms with Crippen LogP contribution in [0.3, 0.4) is 0 Å². The second kappa shape index (κ2) is 9.91. The molecule has 1 aromatic rings. The van der Waals surface area contributed by atoms with Crippen LogP contribution in [-0.2, 0) is 4.79 Å². The van der Waals surface area contributed by atoms with Gasteiger partial charge in [-0.05, 0) is 52.2 Å². The molecule has 0 fully saturated rings. The highest BCUT2D eigenvalue weighted by Crippen LogP contribution is 2.22. The first-order chi connectivity index (χ1) is 11.7. The van der Waals surface area contributed by atoms with E-state index >= 15 is 0 Å². The molecule has 25 heavy (non-hydrogen) atoms. The van der Waals surface area contributed by atoms with Crippen LogP contribution in [0.5, 0.6) is 5.75 Å². The van der Waals surface area contributed by atoms with Gasteiger partial charge in [0, 0.05) is 19.1 Å². The van der Waals surface area contributed by atoms with Crippen molar-refractivity contribution in [2.75, 3.05) is 26.7 Å². The van der Waals surface area contributed by atoms with Crippen LogP contribution >= 0.6 is 0 Å². The minimum absolute atomic E-state index is 0.0613. The maximum Gasteiger partial charge on any atom is 0.239 e. The first kappa shape index (κ1) is 20.8. The number of para-hydroxylation sites is 1. The average Bonchev–Trinajstić information content (AvgIpc) is 2.50. The van der Waals surface area contributed by atoms with Crippen molar-refractivity contribution in [1.82, 2.24) is 16.0 Å². The van der Waals surface area contributed by atoms with Crippen molar-refractivity contribution < 1.29 is 9.53 Å². The Morgan fingerprint density at radius 3 is 2.36 bits per heavy atom. The standard InChI is InChI=1S/C19H32N4O2/c1-14-9-7-10-15(2)17(14)25-12-8-11-21-18(20-6)22-13-16(24)23-19(3,4)5/h7,9-10H,8,11-13H2,1-6H3,(H,23,24)(H2,20,21,22). The number of carbonyl (C=O) groups excluding carboxylic acids is 1. The first-order valence-corrected chi connectivity index (χ1v) is 8.67. The highest BCUT2D eigenvalue weighted by Gasteiger charge is 2.13. The molecule has 0 aliphatic rings. The third-order valence-corrected chi connectivity index (χ3v) is 3.42. The lowest BCUT2D eigenvalue weighted by Gasteiger charge is -2.21. The van der Waals surface area contributed by atoms with E-state index in [0.717, 1.165) is 23.3 Å². The van der Waals surface area contributed by atoms with Crippen LogP contribution in [0.1, 0.15) is 38.3 Å². The van der Waals surface area contributed by atoms with E-state index < -0.39 is 0 Å². The van der Waals surface area contributed by atoms with E-state index in [0.29, 0.717) is 19.1 Å². The van der Waals surface area contributed by atoms with Crippen LogP contribution in [0.25, 0.3) is 0 Å². The summed E-state index contributed by atoms with van der Waals surface area (Å²) in [6, 6.07) is 6.13. The Hall–Kier alpha value is -2.24. The van der Waals surface area contributed by atoms with E-state index in [1.807, 2.05) is 26.8 Å². The van der Waals surface area contributed by atoms with Gasteiger partial charge >= 0.3 is 0 Å². The minimum Gasteiger partial charge on any atom is -0.493 e. The molecule has 1 rings (SSSR count). The number of aryl methyl sites for hydroxylation is 2. The maximum absolute atomic E-state index is 11.8. The smallest absolute Gasteiger partial charge is 0.239 e. The van der Waals surface area contributed by atoms with Crippen molar-refractivity contribution in [3.63, 3.8) is 0 Å². The van der Waals surface area contributed by atoms with Gasteiger partial charge in [0.15, 0.2) is 5.96 Å². The quantitative estimate of drug-likeness (QED) is 0.401. The Balaban J connectivity index is 2.26. The Labute approximate surface area is 151 Å². The Morgan fingerprint density at radius 2 is 1.80 bits per heavy atom. The lowest BCUT2D eigenvalue weighted by Crippen LogP contribution is -2.48. The average molecular weight is 348 g/mol. The number of hydrogen-bond donors (Lipinski definition) is 3. The molecule has 1 aromatic carbocycles. The fraction of sp³-hybridized carbons (Fsp3) is 0.579. The third-order valence-electron chi connectivity index (χ3n) is 3.42. The monoisotopic (exact) mass is 348 g/mol. The minimum atomic E-state index is -0.235. The fourth-order valence-electron chi connectivity index (χ4n) is 2.33. The summed E-state index contributed by atoms with van der Waals surface area (Å²) in [6.07, 6.45) is 0.836. The highest BCUT2D eigenvalue weighted by atomic mass is 16.5. The highest BCUT2D eigenvalue weighted by molar-refractivity contribution is 5.86. The number of benzene rings is 1. The van der Waals surface area contributed by atoms with Gasteiger partial charge in [0.05, 0.1) is 13.2 Å². The summed E-state index contributed by atoms with van der Waals surface area (Å²) in [5.41, 5.74) is 2.06. The molecule has 0 bridgehead atoms. The molecule has 0 saturated heterocycles. The second-order valence-electron chi connectivity index (χ2n) is 7.07. The fourth-order valence-corrected chi connectivity index (χ4v) is 2.33. The number of hydrogen-bond acceptors (Lipinski definition) is 3. The van der Waals surface area contributed by atoms with Crippen molar-refractivity contribution in [1.29, 1.82) is 0 Å². The van der Waals surface area contributed by atoms with E-state index in [9.17, 15) is 4.79 Å². The zero-order chi connectivity index (χ0) is 18.9. The summed E-state index contributed by atoms with van der Waals surface area (Å²) in [5.74, 6) is 1.51. The normalized spacial score (nSPS) is 11.8. The van der Waals surface area contributed by atoms with E-state index in [4.69, 9.17) is 4.74 Å². The molecule has 1 amide bonds. The molecule has 6 heteroatoms. The zero-order valence-electron chi connectivity index (χ0n) is 16.3. The number of nitrogens with zero attached hydrogens (tertiary/aromatic N) is 1. The number of nitrogens with one attached hydrogen (secondary N) is 3. The van der Waals surface area contributed by atoms with Crippen molar-refractivity contribution in [3.8, 4) is 5.75 Å². The molecular formula is C19H32N4O2. The first-order valence-electron chi connectivity index (χ1n) is 8.67. The lowest BCUT2D eigenvalue weighted by atomic mass is 10.1. The molecule has 0 aliphatic heterocycles. The zero-order valence-corrected chi connectivity index (χ0v) is 16.3. The van der Waals surface area contributed by atoms with Gasteiger partial charge < -0.3 is 20.7 Å². The van der Waals surface area contributed by atoms with Gasteiger partial charge in [0.1, 0.15) is 5.75 Å². The SMILES string of the molecule is CN=C(NCCCOc1c(C)cccc1C)NCC(=O)NC(C)(C)C. The molecule has 0 heterocycles. The van der Waals surface area contributed by atoms with Crippen LogP contribution < -0.4 is 20.7 Å². The van der Waals surface area contributed by atoms with Crippen molar-refractivity contribution in [2.45, 2.75) is 46.6 Å². The van der Waals surface area contributed by atoms with Crippen molar-refractivity contribution in [3.05, 3.63) is 29.3 Å². The maximum atomic E-state index is 11.8. The number of carbonyl (C=O) groups is 1. The van der Waals surface area contributed by atoms with Gasteiger partial charge in [-0.1, -0.05) is 18.2 Å². The number of ether oxygens (including phenoxy) is 1. The predicted molar refractivity (Wildman–Crippen MR) is 103 cm³/mol. The van der Waals surface area contributed by atoms with Gasteiger partial charge in [-0.3, -0.25) is 9.79 Å². The molecule has 0 atom stereocenters. The van der Waals surface area contributed by atoms with E-state index in [2.05, 4.69) is 46.9 Å². The van der Waals surface area contributed by atoms with Gasteiger partial charge in [0.25, 0.3) is 0 Å². The molecule has 0 saturated carbocycles. The molecule has 6 nitrogen and oxygen atoms in total. The van der Waals surface area contributed by atoms with Gasteiger partial charge in [-0.25, -0.2) is 0 Å². The summed E-state index contributed by atoms with van der Waals surface area (Å²) in [7, 11) is 1.68. The summed E-state index contributed by atoms with van der Waals surface area (Å²) in [6.45, 7) is 11.5. The summed E-state index contributed by atoms with van der Waals surface area (Å²) >= 11 is 0. The molecule has 0 aromatic heterocycles. The number of rotatable bonds is 7. The summed E-state index contributed by atoms with van der Waals surface area (Å²) in [4.78, 5) is 15.9. The largest absolute Gasteiger partial charge is 0.493 e.